The first-order valence-corrected chi connectivity index (χ1v) is 8.80. The number of ether oxygens (including phenoxy) is 1. The number of carbonyl (C=O) groups excluding carboxylic acids is 1. The number of methoxy groups -OCH3 is 1. The van der Waals surface area contributed by atoms with Crippen LogP contribution in [0.5, 0.6) is 0 Å². The lowest BCUT2D eigenvalue weighted by atomic mass is 9.72. The van der Waals surface area contributed by atoms with Crippen LogP contribution in [0.15, 0.2) is 53.6 Å². The molecule has 4 rings (SSSR count). The number of hydrogen-bond acceptors (Lipinski definition) is 3. The summed E-state index contributed by atoms with van der Waals surface area (Å²) in [5.74, 6) is 0.236. The fraction of sp³-hybridized carbons (Fsp3) is 0.364. The van der Waals surface area contributed by atoms with Crippen molar-refractivity contribution in [2.75, 3.05) is 7.11 Å². The largest absolute Gasteiger partial charge is 0.374 e. The lowest BCUT2D eigenvalue weighted by molar-refractivity contribution is -0.134. The summed E-state index contributed by atoms with van der Waals surface area (Å²) in [6, 6.07) is 9.98. The van der Waals surface area contributed by atoms with Gasteiger partial charge in [0.15, 0.2) is 5.78 Å². The summed E-state index contributed by atoms with van der Waals surface area (Å²) in [5, 5.41) is 9.11. The molecule has 3 heteroatoms. The van der Waals surface area contributed by atoms with Gasteiger partial charge in [-0.1, -0.05) is 30.4 Å². The molecule has 126 valence electrons. The standard InChI is InChI=1S/C22H21NO2/c1-25-21-7-8-22(13-20(21)24)11-18-6-5-17(10-19(18)12-22)16-4-2-3-15(9-16)14-23/h2-6,9,12,21H,7-8,10-11,13H2,1H3/t21-,22?/m1/s1. The maximum Gasteiger partial charge on any atom is 0.162 e. The third kappa shape index (κ3) is 2.88. The Hall–Kier alpha value is -2.44. The summed E-state index contributed by atoms with van der Waals surface area (Å²) in [6.45, 7) is 0. The van der Waals surface area contributed by atoms with E-state index in [1.54, 1.807) is 7.11 Å². The monoisotopic (exact) mass is 331 g/mol. The molecule has 25 heavy (non-hydrogen) atoms. The van der Waals surface area contributed by atoms with Crippen LogP contribution in [0.4, 0.5) is 0 Å². The molecule has 0 bridgehead atoms. The van der Waals surface area contributed by atoms with Gasteiger partial charge < -0.3 is 4.74 Å². The molecule has 0 saturated heterocycles. The van der Waals surface area contributed by atoms with Crippen molar-refractivity contribution in [2.24, 2.45) is 5.41 Å². The van der Waals surface area contributed by atoms with Crippen LogP contribution in [0, 0.1) is 16.7 Å². The van der Waals surface area contributed by atoms with E-state index in [4.69, 9.17) is 10.00 Å². The average molecular weight is 331 g/mol. The lowest BCUT2D eigenvalue weighted by Crippen LogP contribution is -2.36. The summed E-state index contributed by atoms with van der Waals surface area (Å²) in [5.41, 5.74) is 5.74. The van der Waals surface area contributed by atoms with Crippen molar-refractivity contribution in [1.29, 1.82) is 5.26 Å². The number of nitriles is 1. The zero-order valence-electron chi connectivity index (χ0n) is 14.4. The normalized spacial score (nSPS) is 28.1. The Labute approximate surface area is 148 Å². The Morgan fingerprint density at radius 2 is 2.04 bits per heavy atom. The highest BCUT2D eigenvalue weighted by Gasteiger charge is 2.43. The van der Waals surface area contributed by atoms with Crippen LogP contribution >= 0.6 is 0 Å². The van der Waals surface area contributed by atoms with Crippen molar-refractivity contribution in [2.45, 2.75) is 38.2 Å². The topological polar surface area (TPSA) is 50.1 Å². The van der Waals surface area contributed by atoms with Crippen molar-refractivity contribution in [3.63, 3.8) is 0 Å². The zero-order valence-corrected chi connectivity index (χ0v) is 14.4. The van der Waals surface area contributed by atoms with E-state index in [0.717, 1.165) is 31.2 Å². The van der Waals surface area contributed by atoms with Gasteiger partial charge in [0, 0.05) is 13.5 Å². The number of fused-ring (bicyclic) bond motifs is 1. The van der Waals surface area contributed by atoms with Gasteiger partial charge in [-0.2, -0.15) is 5.26 Å². The molecule has 3 nitrogen and oxygen atoms in total. The first-order chi connectivity index (χ1) is 12.1. The number of carbonyl (C=O) groups is 1. The van der Waals surface area contributed by atoms with Crippen LogP contribution in [0.2, 0.25) is 0 Å². The minimum atomic E-state index is -0.219. The van der Waals surface area contributed by atoms with E-state index in [0.29, 0.717) is 12.0 Å². The summed E-state index contributed by atoms with van der Waals surface area (Å²) in [4.78, 5) is 12.3. The molecule has 0 aliphatic heterocycles. The quantitative estimate of drug-likeness (QED) is 0.809. The Balaban J connectivity index is 1.58. The Kier molecular flexibility index (Phi) is 3.94. The molecular formula is C22H21NO2. The van der Waals surface area contributed by atoms with Crippen molar-refractivity contribution >= 4 is 11.4 Å². The van der Waals surface area contributed by atoms with E-state index in [1.165, 1.54) is 16.7 Å². The molecule has 0 amide bonds. The third-order valence-electron chi connectivity index (χ3n) is 5.74. The average Bonchev–Trinajstić information content (AvgIpc) is 2.98. The van der Waals surface area contributed by atoms with Gasteiger partial charge in [0.05, 0.1) is 11.6 Å². The second-order valence-corrected chi connectivity index (χ2v) is 7.37. The molecule has 0 N–H and O–H groups in total. The van der Waals surface area contributed by atoms with Gasteiger partial charge >= 0.3 is 0 Å². The Morgan fingerprint density at radius 1 is 1.20 bits per heavy atom. The van der Waals surface area contributed by atoms with E-state index >= 15 is 0 Å². The molecule has 1 unspecified atom stereocenters. The van der Waals surface area contributed by atoms with Gasteiger partial charge in [-0.25, -0.2) is 0 Å². The summed E-state index contributed by atoms with van der Waals surface area (Å²) < 4.78 is 5.30. The summed E-state index contributed by atoms with van der Waals surface area (Å²) in [7, 11) is 1.63. The van der Waals surface area contributed by atoms with Gasteiger partial charge in [0.25, 0.3) is 0 Å². The minimum absolute atomic E-state index is 0.00886. The number of nitrogens with zero attached hydrogens (tertiary/aromatic N) is 1. The number of hydrogen-bond donors (Lipinski definition) is 0. The lowest BCUT2D eigenvalue weighted by Gasteiger charge is -2.34. The highest BCUT2D eigenvalue weighted by Crippen LogP contribution is 2.51. The van der Waals surface area contributed by atoms with Crippen LogP contribution < -0.4 is 0 Å². The smallest absolute Gasteiger partial charge is 0.162 e. The fourth-order valence-electron chi connectivity index (χ4n) is 4.44. The molecule has 1 saturated carbocycles. The fourth-order valence-corrected chi connectivity index (χ4v) is 4.44. The maximum absolute atomic E-state index is 12.3. The maximum atomic E-state index is 12.3. The summed E-state index contributed by atoms with van der Waals surface area (Å²) in [6.07, 6.45) is 10.8. The molecule has 2 atom stereocenters. The molecule has 0 heterocycles. The van der Waals surface area contributed by atoms with Crippen molar-refractivity contribution in [1.82, 2.24) is 0 Å². The molecule has 1 fully saturated rings. The molecule has 0 aromatic heterocycles. The number of Topliss-reactive ketones (excluding diaryl/α,β-unsaturated/α-hetero) is 1. The van der Waals surface area contributed by atoms with E-state index in [-0.39, 0.29) is 17.3 Å². The predicted octanol–water partition coefficient (Wildman–Crippen LogP) is 4.36. The van der Waals surface area contributed by atoms with Crippen molar-refractivity contribution in [3.05, 3.63) is 64.8 Å². The summed E-state index contributed by atoms with van der Waals surface area (Å²) >= 11 is 0. The first kappa shape index (κ1) is 16.1. The number of ketones is 1. The molecule has 3 aliphatic carbocycles. The molecule has 0 radical (unpaired) electrons. The third-order valence-corrected chi connectivity index (χ3v) is 5.74. The molecule has 1 aromatic rings. The number of benzene rings is 1. The van der Waals surface area contributed by atoms with Crippen molar-refractivity contribution < 1.29 is 9.53 Å². The van der Waals surface area contributed by atoms with Gasteiger partial charge in [0.2, 0.25) is 0 Å². The zero-order chi connectivity index (χ0) is 17.4. The van der Waals surface area contributed by atoms with Crippen LogP contribution in [0.25, 0.3) is 5.57 Å². The van der Waals surface area contributed by atoms with Crippen LogP contribution in [0.3, 0.4) is 0 Å². The van der Waals surface area contributed by atoms with E-state index in [2.05, 4.69) is 30.4 Å². The molecule has 1 aromatic carbocycles. The minimum Gasteiger partial charge on any atom is -0.374 e. The van der Waals surface area contributed by atoms with Gasteiger partial charge in [-0.3, -0.25) is 4.79 Å². The highest BCUT2D eigenvalue weighted by molar-refractivity contribution is 5.85. The van der Waals surface area contributed by atoms with Gasteiger partial charge in [-0.15, -0.1) is 0 Å². The number of allylic oxidation sites excluding steroid dienone is 6. The Morgan fingerprint density at radius 3 is 2.80 bits per heavy atom. The second-order valence-electron chi connectivity index (χ2n) is 7.37. The highest BCUT2D eigenvalue weighted by atomic mass is 16.5. The molecule has 3 aliphatic rings. The van der Waals surface area contributed by atoms with Crippen molar-refractivity contribution in [3.8, 4) is 6.07 Å². The number of rotatable bonds is 2. The first-order valence-electron chi connectivity index (χ1n) is 8.80. The van der Waals surface area contributed by atoms with E-state index in [1.807, 2.05) is 18.2 Å². The van der Waals surface area contributed by atoms with Crippen LogP contribution in [-0.4, -0.2) is 19.0 Å². The van der Waals surface area contributed by atoms with E-state index < -0.39 is 0 Å². The van der Waals surface area contributed by atoms with Gasteiger partial charge in [0.1, 0.15) is 6.10 Å². The Bertz CT molecular complexity index is 868. The predicted molar refractivity (Wildman–Crippen MR) is 96.6 cm³/mol. The van der Waals surface area contributed by atoms with Gasteiger partial charge in [-0.05, 0) is 65.5 Å². The van der Waals surface area contributed by atoms with E-state index in [9.17, 15) is 4.79 Å². The SMILES string of the molecule is CO[C@@H]1CCC2(C=C3CC(c4cccc(C#N)c4)=CC=C3C2)CC1=O. The van der Waals surface area contributed by atoms with Crippen LogP contribution in [-0.2, 0) is 9.53 Å². The molecular weight excluding hydrogens is 310 g/mol. The van der Waals surface area contributed by atoms with Crippen LogP contribution in [0.1, 0.15) is 43.2 Å². The second kappa shape index (κ2) is 6.13. The molecule has 1 spiro atoms.